The summed E-state index contributed by atoms with van der Waals surface area (Å²) in [6, 6.07) is 5.91. The summed E-state index contributed by atoms with van der Waals surface area (Å²) in [5, 5.41) is 3.99. The fourth-order valence-corrected chi connectivity index (χ4v) is 3.17. The fourth-order valence-electron chi connectivity index (χ4n) is 2.35. The summed E-state index contributed by atoms with van der Waals surface area (Å²) >= 11 is 9.36. The van der Waals surface area contributed by atoms with Crippen LogP contribution in [0.4, 0.5) is 0 Å². The molecule has 0 aromatic heterocycles. The number of nitrogens with zero attached hydrogens (tertiary/aromatic N) is 1. The van der Waals surface area contributed by atoms with E-state index in [0.717, 1.165) is 36.0 Å². The highest BCUT2D eigenvalue weighted by molar-refractivity contribution is 9.10. The van der Waals surface area contributed by atoms with Crippen LogP contribution in [0.1, 0.15) is 18.4 Å². The Balaban J connectivity index is 1.99. The van der Waals surface area contributed by atoms with E-state index in [9.17, 15) is 4.79 Å². The van der Waals surface area contributed by atoms with Gasteiger partial charge in [-0.05, 0) is 43.6 Å². The van der Waals surface area contributed by atoms with Gasteiger partial charge in [0.25, 0.3) is 0 Å². The highest BCUT2D eigenvalue weighted by Crippen LogP contribution is 2.23. The Bertz CT molecular complexity index is 461. The van der Waals surface area contributed by atoms with Crippen molar-refractivity contribution in [2.24, 2.45) is 0 Å². The average molecular weight is 346 g/mol. The molecule has 1 N–H and O–H groups in total. The highest BCUT2D eigenvalue weighted by Gasteiger charge is 2.22. The van der Waals surface area contributed by atoms with Gasteiger partial charge in [0, 0.05) is 22.6 Å². The van der Waals surface area contributed by atoms with Gasteiger partial charge in [-0.15, -0.1) is 0 Å². The summed E-state index contributed by atoms with van der Waals surface area (Å²) in [6.07, 6.45) is 2.48. The van der Waals surface area contributed by atoms with Crippen molar-refractivity contribution in [1.29, 1.82) is 0 Å². The lowest BCUT2D eigenvalue weighted by Crippen LogP contribution is -2.44. The molecule has 2 rings (SSSR count). The minimum Gasteiger partial charge on any atom is -0.342 e. The molecule has 0 bridgehead atoms. The summed E-state index contributed by atoms with van der Waals surface area (Å²) in [6.45, 7) is 1.99. The third-order valence-electron chi connectivity index (χ3n) is 3.61. The number of benzene rings is 1. The highest BCUT2D eigenvalue weighted by atomic mass is 79.9. The third kappa shape index (κ3) is 3.94. The first kappa shape index (κ1) is 14.8. The van der Waals surface area contributed by atoms with Gasteiger partial charge in [-0.2, -0.15) is 0 Å². The van der Waals surface area contributed by atoms with E-state index in [1.165, 1.54) is 0 Å². The molecule has 1 aromatic carbocycles. The van der Waals surface area contributed by atoms with E-state index in [4.69, 9.17) is 11.6 Å². The van der Waals surface area contributed by atoms with Crippen LogP contribution in [0.3, 0.4) is 0 Å². The molecule has 1 aliphatic rings. The quantitative estimate of drug-likeness (QED) is 0.913. The Morgan fingerprint density at radius 3 is 2.79 bits per heavy atom. The van der Waals surface area contributed by atoms with Crippen LogP contribution in [0.5, 0.6) is 0 Å². The maximum atomic E-state index is 12.3. The summed E-state index contributed by atoms with van der Waals surface area (Å²) in [5.74, 6) is 0.162. The molecular weight excluding hydrogens is 328 g/mol. The summed E-state index contributed by atoms with van der Waals surface area (Å²) < 4.78 is 0.895. The van der Waals surface area contributed by atoms with Gasteiger partial charge in [0.05, 0.1) is 6.42 Å². The largest absolute Gasteiger partial charge is 0.342 e. The summed E-state index contributed by atoms with van der Waals surface area (Å²) in [7, 11) is 1.90. The molecule has 1 fully saturated rings. The zero-order valence-electron chi connectivity index (χ0n) is 11.0. The normalized spacial score (nSPS) is 16.4. The zero-order chi connectivity index (χ0) is 13.8. The fraction of sp³-hybridized carbons (Fsp3) is 0.500. The van der Waals surface area contributed by atoms with E-state index in [0.29, 0.717) is 17.5 Å². The van der Waals surface area contributed by atoms with Crippen molar-refractivity contribution in [3.8, 4) is 0 Å². The minimum atomic E-state index is 0.162. The second-order valence-electron chi connectivity index (χ2n) is 4.90. The average Bonchev–Trinajstić information content (AvgIpc) is 2.42. The molecule has 1 aliphatic heterocycles. The molecule has 5 heteroatoms. The number of piperidine rings is 1. The van der Waals surface area contributed by atoms with Crippen molar-refractivity contribution < 1.29 is 4.79 Å². The maximum Gasteiger partial charge on any atom is 0.227 e. The number of carbonyl (C=O) groups is 1. The van der Waals surface area contributed by atoms with Gasteiger partial charge in [-0.3, -0.25) is 4.79 Å². The van der Waals surface area contributed by atoms with E-state index < -0.39 is 0 Å². The zero-order valence-corrected chi connectivity index (χ0v) is 13.3. The molecule has 0 radical (unpaired) electrons. The molecule has 0 spiro atoms. The van der Waals surface area contributed by atoms with E-state index in [2.05, 4.69) is 21.2 Å². The Hall–Kier alpha value is -0.580. The number of nitrogens with one attached hydrogen (secondary N) is 1. The number of rotatable bonds is 3. The topological polar surface area (TPSA) is 32.3 Å². The van der Waals surface area contributed by atoms with Crippen LogP contribution in [-0.2, 0) is 11.2 Å². The molecular formula is C14H18BrClN2O. The van der Waals surface area contributed by atoms with E-state index in [1.54, 1.807) is 0 Å². The molecule has 19 heavy (non-hydrogen) atoms. The first-order valence-electron chi connectivity index (χ1n) is 6.48. The first-order valence-corrected chi connectivity index (χ1v) is 7.65. The monoisotopic (exact) mass is 344 g/mol. The molecule has 3 nitrogen and oxygen atoms in total. The standard InChI is InChI=1S/C14H18BrClN2O/c1-18(12-4-6-17-7-5-12)14(19)8-10-2-3-11(16)9-13(10)15/h2-3,9,12,17H,4-8H2,1H3. The molecule has 1 saturated heterocycles. The predicted octanol–water partition coefficient (Wildman–Crippen LogP) is 2.86. The molecule has 104 valence electrons. The molecule has 0 atom stereocenters. The summed E-state index contributed by atoms with van der Waals surface area (Å²) in [4.78, 5) is 14.2. The van der Waals surface area contributed by atoms with Gasteiger partial charge in [-0.1, -0.05) is 33.6 Å². The van der Waals surface area contributed by atoms with Crippen molar-refractivity contribution in [1.82, 2.24) is 10.2 Å². The second-order valence-corrected chi connectivity index (χ2v) is 6.19. The van der Waals surface area contributed by atoms with Gasteiger partial charge in [0.2, 0.25) is 5.91 Å². The lowest BCUT2D eigenvalue weighted by Gasteiger charge is -2.31. The molecule has 1 amide bonds. The minimum absolute atomic E-state index is 0.162. The molecule has 0 aliphatic carbocycles. The molecule has 1 heterocycles. The second kappa shape index (κ2) is 6.73. The van der Waals surface area contributed by atoms with E-state index in [-0.39, 0.29) is 5.91 Å². The molecule has 0 unspecified atom stereocenters. The van der Waals surface area contributed by atoms with Crippen molar-refractivity contribution in [2.75, 3.05) is 20.1 Å². The van der Waals surface area contributed by atoms with E-state index >= 15 is 0 Å². The maximum absolute atomic E-state index is 12.3. The smallest absolute Gasteiger partial charge is 0.227 e. The number of amides is 1. The Kier molecular flexibility index (Phi) is 5.25. The number of hydrogen-bond donors (Lipinski definition) is 1. The van der Waals surface area contributed by atoms with Crippen molar-refractivity contribution >= 4 is 33.4 Å². The number of halogens is 2. The van der Waals surface area contributed by atoms with Crippen molar-refractivity contribution in [3.05, 3.63) is 33.3 Å². The summed E-state index contributed by atoms with van der Waals surface area (Å²) in [5.41, 5.74) is 0.982. The van der Waals surface area contributed by atoms with Crippen molar-refractivity contribution in [3.63, 3.8) is 0 Å². The van der Waals surface area contributed by atoms with Gasteiger partial charge < -0.3 is 10.2 Å². The molecule has 1 aromatic rings. The van der Waals surface area contributed by atoms with Gasteiger partial charge in [0.1, 0.15) is 0 Å². The van der Waals surface area contributed by atoms with Gasteiger partial charge in [0.15, 0.2) is 0 Å². The number of hydrogen-bond acceptors (Lipinski definition) is 2. The van der Waals surface area contributed by atoms with Crippen LogP contribution >= 0.6 is 27.5 Å². The van der Waals surface area contributed by atoms with Crippen LogP contribution < -0.4 is 5.32 Å². The predicted molar refractivity (Wildman–Crippen MR) is 81.5 cm³/mol. The first-order chi connectivity index (χ1) is 9.08. The van der Waals surface area contributed by atoms with E-state index in [1.807, 2.05) is 30.1 Å². The Labute approximate surface area is 127 Å². The Morgan fingerprint density at radius 1 is 1.47 bits per heavy atom. The van der Waals surface area contributed by atoms with Crippen molar-refractivity contribution in [2.45, 2.75) is 25.3 Å². The third-order valence-corrected chi connectivity index (χ3v) is 4.58. The van der Waals surface area contributed by atoms with Gasteiger partial charge >= 0.3 is 0 Å². The molecule has 0 saturated carbocycles. The number of carbonyl (C=O) groups excluding carboxylic acids is 1. The van der Waals surface area contributed by atoms with Crippen LogP contribution in [0, 0.1) is 0 Å². The van der Waals surface area contributed by atoms with Crippen LogP contribution in [-0.4, -0.2) is 37.0 Å². The van der Waals surface area contributed by atoms with Crippen LogP contribution in [0.15, 0.2) is 22.7 Å². The lowest BCUT2D eigenvalue weighted by molar-refractivity contribution is -0.131. The van der Waals surface area contributed by atoms with Gasteiger partial charge in [-0.25, -0.2) is 0 Å². The SMILES string of the molecule is CN(C(=O)Cc1ccc(Cl)cc1Br)C1CCNCC1. The lowest BCUT2D eigenvalue weighted by atomic mass is 10.0. The Morgan fingerprint density at radius 2 is 2.16 bits per heavy atom. The number of likely N-dealkylation sites (N-methyl/N-ethyl adjacent to an activating group) is 1. The van der Waals surface area contributed by atoms with Crippen LogP contribution in [0.25, 0.3) is 0 Å². The van der Waals surface area contributed by atoms with Crippen LogP contribution in [0.2, 0.25) is 5.02 Å².